The first kappa shape index (κ1) is 15.2. The highest BCUT2D eigenvalue weighted by molar-refractivity contribution is 4.96. The van der Waals surface area contributed by atoms with Gasteiger partial charge in [-0.3, -0.25) is 4.90 Å². The maximum atomic E-state index is 6.37. The van der Waals surface area contributed by atoms with Gasteiger partial charge in [0, 0.05) is 39.4 Å². The second-order valence-corrected chi connectivity index (χ2v) is 6.55. The number of nitrogens with two attached hydrogens (primary N) is 1. The first-order valence-corrected chi connectivity index (χ1v) is 7.62. The van der Waals surface area contributed by atoms with Crippen LogP contribution in [0.15, 0.2) is 0 Å². The average Bonchev–Trinajstić information content (AvgIpc) is 2.82. The van der Waals surface area contributed by atoms with Crippen molar-refractivity contribution >= 4 is 0 Å². The Bertz CT molecular complexity index is 273. The Labute approximate surface area is 117 Å². The Balaban J connectivity index is 2.00. The molecule has 0 aromatic carbocycles. The molecule has 2 N–H and O–H groups in total. The molecular formula is C15H30N2O2. The predicted octanol–water partition coefficient (Wildman–Crippen LogP) is 1.48. The molecule has 0 spiro atoms. The summed E-state index contributed by atoms with van der Waals surface area (Å²) in [5.41, 5.74) is 6.37. The van der Waals surface area contributed by atoms with Crippen LogP contribution in [-0.4, -0.2) is 56.5 Å². The molecule has 5 unspecified atom stereocenters. The zero-order valence-electron chi connectivity index (χ0n) is 12.8. The number of ether oxygens (including phenoxy) is 2. The first-order valence-electron chi connectivity index (χ1n) is 7.62. The van der Waals surface area contributed by atoms with Gasteiger partial charge in [0.25, 0.3) is 0 Å². The summed E-state index contributed by atoms with van der Waals surface area (Å²) in [5.74, 6) is 1.57. The maximum absolute atomic E-state index is 6.37. The van der Waals surface area contributed by atoms with Crippen molar-refractivity contribution in [2.45, 2.75) is 57.4 Å². The molecule has 0 aromatic rings. The molecule has 4 nitrogen and oxygen atoms in total. The van der Waals surface area contributed by atoms with E-state index in [2.05, 4.69) is 18.7 Å². The molecule has 1 heterocycles. The molecule has 2 rings (SSSR count). The molecule has 112 valence electrons. The third kappa shape index (κ3) is 3.30. The van der Waals surface area contributed by atoms with Crippen molar-refractivity contribution in [3.8, 4) is 0 Å². The molecular weight excluding hydrogens is 240 g/mol. The molecule has 0 bridgehead atoms. The van der Waals surface area contributed by atoms with Crippen LogP contribution in [0.5, 0.6) is 0 Å². The summed E-state index contributed by atoms with van der Waals surface area (Å²) in [6.45, 7) is 6.58. The molecule has 1 aliphatic heterocycles. The largest absolute Gasteiger partial charge is 0.377 e. The van der Waals surface area contributed by atoms with Crippen molar-refractivity contribution in [3.63, 3.8) is 0 Å². The third-order valence-corrected chi connectivity index (χ3v) is 5.17. The Kier molecular flexibility index (Phi) is 5.23. The number of rotatable bonds is 4. The summed E-state index contributed by atoms with van der Waals surface area (Å²) in [4.78, 5) is 2.50. The Morgan fingerprint density at radius 2 is 1.63 bits per heavy atom. The van der Waals surface area contributed by atoms with Crippen molar-refractivity contribution in [2.75, 3.05) is 27.3 Å². The Morgan fingerprint density at radius 1 is 1.05 bits per heavy atom. The van der Waals surface area contributed by atoms with Gasteiger partial charge in [0.2, 0.25) is 0 Å². The van der Waals surface area contributed by atoms with E-state index in [4.69, 9.17) is 15.2 Å². The van der Waals surface area contributed by atoms with Crippen LogP contribution in [-0.2, 0) is 9.47 Å². The summed E-state index contributed by atoms with van der Waals surface area (Å²) < 4.78 is 11.1. The molecule has 1 aliphatic carbocycles. The number of methoxy groups -OCH3 is 2. The van der Waals surface area contributed by atoms with Gasteiger partial charge >= 0.3 is 0 Å². The number of likely N-dealkylation sites (tertiary alicyclic amines) is 1. The van der Waals surface area contributed by atoms with E-state index < -0.39 is 0 Å². The molecule has 2 fully saturated rings. The van der Waals surface area contributed by atoms with Crippen LogP contribution in [0, 0.1) is 11.8 Å². The Hall–Kier alpha value is -0.160. The quantitative estimate of drug-likeness (QED) is 0.841. The number of hydrogen-bond donors (Lipinski definition) is 1. The normalized spacial score (nSPS) is 41.1. The van der Waals surface area contributed by atoms with E-state index in [1.807, 2.05) is 0 Å². The summed E-state index contributed by atoms with van der Waals surface area (Å²) in [5, 5.41) is 0. The summed E-state index contributed by atoms with van der Waals surface area (Å²) in [6.07, 6.45) is 4.04. The third-order valence-electron chi connectivity index (χ3n) is 5.17. The molecule has 1 saturated carbocycles. The molecule has 19 heavy (non-hydrogen) atoms. The van der Waals surface area contributed by atoms with E-state index in [9.17, 15) is 0 Å². The van der Waals surface area contributed by atoms with Gasteiger partial charge in [0.15, 0.2) is 0 Å². The van der Waals surface area contributed by atoms with Gasteiger partial charge in [-0.05, 0) is 31.1 Å². The van der Waals surface area contributed by atoms with Crippen LogP contribution in [0.1, 0.15) is 33.1 Å². The lowest BCUT2D eigenvalue weighted by molar-refractivity contribution is -0.00461. The monoisotopic (exact) mass is 270 g/mol. The molecule has 5 atom stereocenters. The van der Waals surface area contributed by atoms with E-state index in [0.29, 0.717) is 12.1 Å². The number of nitrogens with zero attached hydrogens (tertiary/aromatic N) is 1. The minimum absolute atomic E-state index is 0.191. The van der Waals surface area contributed by atoms with Crippen molar-refractivity contribution in [2.24, 2.45) is 17.6 Å². The lowest BCUT2D eigenvalue weighted by atomic mass is 9.76. The van der Waals surface area contributed by atoms with Gasteiger partial charge in [-0.1, -0.05) is 13.8 Å². The van der Waals surface area contributed by atoms with E-state index in [1.54, 1.807) is 14.2 Å². The molecule has 4 heteroatoms. The lowest BCUT2D eigenvalue weighted by Gasteiger charge is -2.41. The smallest absolute Gasteiger partial charge is 0.0971 e. The van der Waals surface area contributed by atoms with E-state index >= 15 is 0 Å². The van der Waals surface area contributed by atoms with Crippen molar-refractivity contribution < 1.29 is 9.47 Å². The summed E-state index contributed by atoms with van der Waals surface area (Å²) in [7, 11) is 3.55. The van der Waals surface area contributed by atoms with Crippen molar-refractivity contribution in [1.82, 2.24) is 4.90 Å². The molecule has 2 aliphatic rings. The lowest BCUT2D eigenvalue weighted by Crippen LogP contribution is -2.51. The van der Waals surface area contributed by atoms with Gasteiger partial charge in [-0.2, -0.15) is 0 Å². The highest BCUT2D eigenvalue weighted by atomic mass is 16.5. The van der Waals surface area contributed by atoms with E-state index in [1.165, 1.54) is 12.8 Å². The van der Waals surface area contributed by atoms with Crippen molar-refractivity contribution in [3.05, 3.63) is 0 Å². The average molecular weight is 270 g/mol. The second kappa shape index (κ2) is 6.53. The fraction of sp³-hybridized carbons (Fsp3) is 1.00. The Morgan fingerprint density at radius 3 is 2.11 bits per heavy atom. The van der Waals surface area contributed by atoms with E-state index in [0.717, 1.165) is 31.3 Å². The number of hydrogen-bond acceptors (Lipinski definition) is 4. The molecule has 0 radical (unpaired) electrons. The molecule has 0 aromatic heterocycles. The standard InChI is InChI=1S/C15H30N2O2/c1-10(2)11-5-6-12(16)13(7-11)17-8-14(18-3)15(9-17)19-4/h10-15H,5-9,16H2,1-4H3. The van der Waals surface area contributed by atoms with Gasteiger partial charge in [0.1, 0.15) is 0 Å². The molecule has 0 amide bonds. The predicted molar refractivity (Wildman–Crippen MR) is 77.1 cm³/mol. The van der Waals surface area contributed by atoms with Crippen LogP contribution in [0.25, 0.3) is 0 Å². The minimum Gasteiger partial charge on any atom is -0.377 e. The zero-order chi connectivity index (χ0) is 14.0. The minimum atomic E-state index is 0.191. The highest BCUT2D eigenvalue weighted by Crippen LogP contribution is 2.34. The fourth-order valence-corrected chi connectivity index (χ4v) is 3.72. The SMILES string of the molecule is COC1CN(C2CC(C(C)C)CCC2N)CC1OC. The van der Waals surface area contributed by atoms with Gasteiger partial charge < -0.3 is 15.2 Å². The van der Waals surface area contributed by atoms with Crippen LogP contribution in [0.2, 0.25) is 0 Å². The van der Waals surface area contributed by atoms with Crippen LogP contribution in [0.3, 0.4) is 0 Å². The highest BCUT2D eigenvalue weighted by Gasteiger charge is 2.41. The van der Waals surface area contributed by atoms with E-state index in [-0.39, 0.29) is 12.2 Å². The van der Waals surface area contributed by atoms with Gasteiger partial charge in [-0.15, -0.1) is 0 Å². The van der Waals surface area contributed by atoms with Crippen LogP contribution < -0.4 is 5.73 Å². The topological polar surface area (TPSA) is 47.7 Å². The summed E-state index contributed by atoms with van der Waals surface area (Å²) >= 11 is 0. The molecule has 1 saturated heterocycles. The van der Waals surface area contributed by atoms with Gasteiger partial charge in [-0.25, -0.2) is 0 Å². The fourth-order valence-electron chi connectivity index (χ4n) is 3.72. The van der Waals surface area contributed by atoms with Crippen LogP contribution >= 0.6 is 0 Å². The van der Waals surface area contributed by atoms with Crippen molar-refractivity contribution in [1.29, 1.82) is 0 Å². The zero-order valence-corrected chi connectivity index (χ0v) is 12.8. The first-order chi connectivity index (χ1) is 9.06. The van der Waals surface area contributed by atoms with Crippen LogP contribution in [0.4, 0.5) is 0 Å². The van der Waals surface area contributed by atoms with Gasteiger partial charge in [0.05, 0.1) is 12.2 Å². The maximum Gasteiger partial charge on any atom is 0.0971 e. The summed E-state index contributed by atoms with van der Waals surface area (Å²) in [6, 6.07) is 0.807. The second-order valence-electron chi connectivity index (χ2n) is 6.55.